The highest BCUT2D eigenvalue weighted by Crippen LogP contribution is 2.22. The number of benzene rings is 2. The summed E-state index contributed by atoms with van der Waals surface area (Å²) < 4.78 is 15.2. The van der Waals surface area contributed by atoms with Gasteiger partial charge in [-0.15, -0.1) is 0 Å². The quantitative estimate of drug-likeness (QED) is 0.563. The Bertz CT molecular complexity index is 1310. The fourth-order valence-electron chi connectivity index (χ4n) is 3.68. The van der Waals surface area contributed by atoms with E-state index >= 15 is 0 Å². The normalized spacial score (nSPS) is 11.1. The topological polar surface area (TPSA) is 71.0 Å². The molecule has 0 aliphatic rings. The Morgan fingerprint density at radius 1 is 1.13 bits per heavy atom. The van der Waals surface area contributed by atoms with Gasteiger partial charge in [0.15, 0.2) is 0 Å². The summed E-state index contributed by atoms with van der Waals surface area (Å²) in [5, 5.41) is 0.512. The van der Waals surface area contributed by atoms with Crippen molar-refractivity contribution in [2.75, 3.05) is 7.05 Å². The number of nitrogens with zero attached hydrogens (tertiary/aromatic N) is 3. The van der Waals surface area contributed by atoms with E-state index in [0.717, 1.165) is 17.1 Å². The second kappa shape index (κ2) is 7.59. The van der Waals surface area contributed by atoms with Crippen LogP contribution >= 0.6 is 0 Å². The van der Waals surface area contributed by atoms with Crippen LogP contribution in [0.5, 0.6) is 0 Å². The Balaban J connectivity index is 1.63. The number of aromatic nitrogens is 3. The molecule has 1 N–H and O–H groups in total. The molecule has 0 aliphatic carbocycles. The molecule has 0 saturated heterocycles. The van der Waals surface area contributed by atoms with Gasteiger partial charge in [0, 0.05) is 24.1 Å². The van der Waals surface area contributed by atoms with Gasteiger partial charge in [0.25, 0.3) is 11.5 Å². The number of aromatic amines is 1. The van der Waals surface area contributed by atoms with Gasteiger partial charge in [0.1, 0.15) is 11.6 Å². The van der Waals surface area contributed by atoms with Crippen molar-refractivity contribution >= 4 is 16.8 Å². The molecule has 0 unspecified atom stereocenters. The summed E-state index contributed by atoms with van der Waals surface area (Å²) in [6.07, 6.45) is 0. The molecule has 0 aliphatic heterocycles. The molecule has 2 aromatic carbocycles. The number of fused-ring (bicyclic) bond motifs is 1. The Hall–Kier alpha value is -3.74. The number of nitrogens with one attached hydrogen (secondary N) is 1. The molecule has 30 heavy (non-hydrogen) atoms. The lowest BCUT2D eigenvalue weighted by Gasteiger charge is -2.17. The molecule has 6 nitrogen and oxygen atoms in total. The van der Waals surface area contributed by atoms with E-state index in [2.05, 4.69) is 9.97 Å². The molecule has 1 amide bonds. The fraction of sp³-hybridized carbons (Fsp3) is 0.174. The van der Waals surface area contributed by atoms with Gasteiger partial charge in [0.2, 0.25) is 0 Å². The lowest BCUT2D eigenvalue weighted by molar-refractivity contribution is 0.0781. The molecule has 2 heterocycles. The molecule has 0 bridgehead atoms. The third-order valence-electron chi connectivity index (χ3n) is 5.14. The van der Waals surface area contributed by atoms with Crippen LogP contribution in [0.1, 0.15) is 27.6 Å². The van der Waals surface area contributed by atoms with Gasteiger partial charge in [-0.05, 0) is 56.3 Å². The van der Waals surface area contributed by atoms with E-state index < -0.39 is 0 Å². The summed E-state index contributed by atoms with van der Waals surface area (Å²) >= 11 is 0. The van der Waals surface area contributed by atoms with Crippen molar-refractivity contribution in [2.45, 2.75) is 20.4 Å². The molecule has 0 saturated carbocycles. The first-order valence-corrected chi connectivity index (χ1v) is 9.53. The van der Waals surface area contributed by atoms with E-state index in [1.807, 2.05) is 30.5 Å². The molecule has 152 valence electrons. The summed E-state index contributed by atoms with van der Waals surface area (Å²) in [7, 11) is 1.67. The fourth-order valence-corrected chi connectivity index (χ4v) is 3.68. The highest BCUT2D eigenvalue weighted by atomic mass is 19.1. The van der Waals surface area contributed by atoms with E-state index in [0.29, 0.717) is 22.3 Å². The van der Waals surface area contributed by atoms with Gasteiger partial charge in [0.05, 0.1) is 23.0 Å². The van der Waals surface area contributed by atoms with E-state index in [4.69, 9.17) is 0 Å². The van der Waals surface area contributed by atoms with Crippen LogP contribution in [0.4, 0.5) is 4.39 Å². The van der Waals surface area contributed by atoms with Crippen LogP contribution in [0.2, 0.25) is 0 Å². The average molecular weight is 404 g/mol. The second-order valence-electron chi connectivity index (χ2n) is 7.29. The molecule has 0 fully saturated rings. The smallest absolute Gasteiger partial charge is 0.258 e. The largest absolute Gasteiger partial charge is 0.334 e. The number of hydrogen-bond donors (Lipinski definition) is 1. The van der Waals surface area contributed by atoms with Crippen molar-refractivity contribution in [2.24, 2.45) is 0 Å². The zero-order valence-corrected chi connectivity index (χ0v) is 16.9. The number of aryl methyl sites for hydroxylation is 1. The van der Waals surface area contributed by atoms with E-state index in [-0.39, 0.29) is 23.8 Å². The minimum absolute atomic E-state index is 0.166. The van der Waals surface area contributed by atoms with E-state index in [9.17, 15) is 14.0 Å². The lowest BCUT2D eigenvalue weighted by Crippen LogP contribution is -2.28. The standard InChI is InChI=1S/C23H21FN4O2/c1-14-12-19(15(2)28(14)17-10-8-16(24)9-11-17)23(30)27(3)13-21-25-20-7-5-4-6-18(20)22(29)26-21/h4-12H,13H2,1-3H3,(H,25,26,29). The van der Waals surface area contributed by atoms with Crippen LogP contribution in [-0.2, 0) is 6.54 Å². The maximum atomic E-state index is 13.3. The van der Waals surface area contributed by atoms with Crippen molar-refractivity contribution in [1.82, 2.24) is 19.4 Å². The van der Waals surface area contributed by atoms with Crippen molar-refractivity contribution < 1.29 is 9.18 Å². The Morgan fingerprint density at radius 2 is 1.83 bits per heavy atom. The van der Waals surface area contributed by atoms with E-state index in [1.165, 1.54) is 17.0 Å². The monoisotopic (exact) mass is 404 g/mol. The number of rotatable bonds is 4. The van der Waals surface area contributed by atoms with Gasteiger partial charge in [-0.1, -0.05) is 12.1 Å². The van der Waals surface area contributed by atoms with Crippen LogP contribution < -0.4 is 5.56 Å². The van der Waals surface area contributed by atoms with Gasteiger partial charge in [-0.2, -0.15) is 0 Å². The van der Waals surface area contributed by atoms with Crippen molar-refractivity contribution in [3.8, 4) is 5.69 Å². The summed E-state index contributed by atoms with van der Waals surface area (Å²) in [4.78, 5) is 34.1. The molecule has 4 rings (SSSR count). The molecule has 0 atom stereocenters. The predicted molar refractivity (Wildman–Crippen MR) is 113 cm³/mol. The first kappa shape index (κ1) is 19.6. The Kier molecular flexibility index (Phi) is 4.95. The SMILES string of the molecule is Cc1cc(C(=O)N(C)Cc2nc3ccccc3c(=O)[nH]2)c(C)n1-c1ccc(F)cc1. The number of carbonyl (C=O) groups is 1. The Labute approximate surface area is 172 Å². The summed E-state index contributed by atoms with van der Waals surface area (Å²) in [5.41, 5.74) is 3.32. The minimum Gasteiger partial charge on any atom is -0.334 e. The van der Waals surface area contributed by atoms with Gasteiger partial charge in [-0.25, -0.2) is 9.37 Å². The molecule has 7 heteroatoms. The number of hydrogen-bond acceptors (Lipinski definition) is 3. The summed E-state index contributed by atoms with van der Waals surface area (Å²) in [6.45, 7) is 3.92. The predicted octanol–water partition coefficient (Wildman–Crippen LogP) is 3.74. The van der Waals surface area contributed by atoms with Gasteiger partial charge < -0.3 is 14.5 Å². The third-order valence-corrected chi connectivity index (χ3v) is 5.14. The van der Waals surface area contributed by atoms with Crippen molar-refractivity contribution in [3.05, 3.63) is 93.5 Å². The van der Waals surface area contributed by atoms with Crippen LogP contribution in [-0.4, -0.2) is 32.4 Å². The average Bonchev–Trinajstić information content (AvgIpc) is 3.02. The number of amides is 1. The van der Waals surface area contributed by atoms with Gasteiger partial charge in [-0.3, -0.25) is 9.59 Å². The van der Waals surface area contributed by atoms with Crippen molar-refractivity contribution in [3.63, 3.8) is 0 Å². The second-order valence-corrected chi connectivity index (χ2v) is 7.29. The van der Waals surface area contributed by atoms with Crippen LogP contribution in [0.25, 0.3) is 16.6 Å². The third kappa shape index (κ3) is 3.50. The zero-order chi connectivity index (χ0) is 21.4. The first-order chi connectivity index (χ1) is 14.3. The lowest BCUT2D eigenvalue weighted by atomic mass is 10.2. The zero-order valence-electron chi connectivity index (χ0n) is 16.9. The van der Waals surface area contributed by atoms with Gasteiger partial charge >= 0.3 is 0 Å². The highest BCUT2D eigenvalue weighted by Gasteiger charge is 2.20. The molecular weight excluding hydrogens is 383 g/mol. The molecule has 2 aromatic heterocycles. The summed E-state index contributed by atoms with van der Waals surface area (Å²) in [6, 6.07) is 15.0. The summed E-state index contributed by atoms with van der Waals surface area (Å²) in [5.74, 6) is -0.0803. The van der Waals surface area contributed by atoms with Crippen LogP contribution in [0.15, 0.2) is 59.4 Å². The number of halogens is 1. The number of para-hydroxylation sites is 1. The van der Waals surface area contributed by atoms with E-state index in [1.54, 1.807) is 37.4 Å². The van der Waals surface area contributed by atoms with Crippen LogP contribution in [0, 0.1) is 19.7 Å². The highest BCUT2D eigenvalue weighted by molar-refractivity contribution is 5.95. The number of H-pyrrole nitrogens is 1. The first-order valence-electron chi connectivity index (χ1n) is 9.53. The van der Waals surface area contributed by atoms with Crippen molar-refractivity contribution in [1.29, 1.82) is 0 Å². The molecule has 4 aromatic rings. The maximum Gasteiger partial charge on any atom is 0.258 e. The molecule has 0 spiro atoms. The maximum absolute atomic E-state index is 13.3. The Morgan fingerprint density at radius 3 is 2.57 bits per heavy atom. The molecule has 0 radical (unpaired) electrons. The molecular formula is C23H21FN4O2. The van der Waals surface area contributed by atoms with Crippen LogP contribution in [0.3, 0.4) is 0 Å². The minimum atomic E-state index is -0.311. The number of carbonyl (C=O) groups excluding carboxylic acids is 1.